The summed E-state index contributed by atoms with van der Waals surface area (Å²) >= 11 is 1.35. The van der Waals surface area contributed by atoms with Crippen LogP contribution >= 0.6 is 11.3 Å². The van der Waals surface area contributed by atoms with Gasteiger partial charge < -0.3 is 15.6 Å². The topological polar surface area (TPSA) is 107 Å². The van der Waals surface area contributed by atoms with E-state index < -0.39 is 0 Å². The van der Waals surface area contributed by atoms with Gasteiger partial charge in [-0.15, -0.1) is 11.3 Å². The predicted octanol–water partition coefficient (Wildman–Crippen LogP) is 4.21. The van der Waals surface area contributed by atoms with Crippen LogP contribution in [0.5, 0.6) is 0 Å². The minimum absolute atomic E-state index is 0.108. The number of hydrogen-bond acceptors (Lipinski definition) is 6. The third-order valence-electron chi connectivity index (χ3n) is 5.33. The van der Waals surface area contributed by atoms with Crippen molar-refractivity contribution in [2.75, 3.05) is 23.7 Å². The monoisotopic (exact) mass is 493 g/mol. The van der Waals surface area contributed by atoms with Crippen LogP contribution in [0.3, 0.4) is 0 Å². The smallest absolute Gasteiger partial charge is 0.260 e. The molecular formula is C25H24FN5O3S. The summed E-state index contributed by atoms with van der Waals surface area (Å²) in [5, 5.41) is 7.81. The number of rotatable bonds is 8. The Morgan fingerprint density at radius 1 is 1.06 bits per heavy atom. The van der Waals surface area contributed by atoms with E-state index in [2.05, 4.69) is 20.6 Å². The highest BCUT2D eigenvalue weighted by Crippen LogP contribution is 2.30. The molecule has 0 unspecified atom stereocenters. The first-order valence-corrected chi connectivity index (χ1v) is 11.9. The number of hydrogen-bond donors (Lipinski definition) is 3. The Labute approximate surface area is 204 Å². The van der Waals surface area contributed by atoms with Crippen LogP contribution in [-0.2, 0) is 16.1 Å². The second kappa shape index (κ2) is 10.6. The van der Waals surface area contributed by atoms with Gasteiger partial charge in [0.1, 0.15) is 16.5 Å². The molecule has 2 heterocycles. The van der Waals surface area contributed by atoms with E-state index in [4.69, 9.17) is 0 Å². The van der Waals surface area contributed by atoms with Crippen molar-refractivity contribution in [3.63, 3.8) is 0 Å². The van der Waals surface area contributed by atoms with E-state index in [0.717, 1.165) is 5.56 Å². The first-order chi connectivity index (χ1) is 16.8. The molecule has 8 nitrogen and oxygen atoms in total. The Morgan fingerprint density at radius 2 is 1.71 bits per heavy atom. The molecule has 2 amide bonds. The standard InChI is InChI=1S/C25H24FN5O3S/c1-3-31(13-22(33)28-19-10-8-18(9-11-19)27-15(2)32)12-21-29-24(34)23-20(14-35-25(23)30-21)16-4-6-17(26)7-5-16/h4-11,14H,3,12-13H2,1-2H3,(H,27,32)(H,28,33)(H,29,30,34). The van der Waals surface area contributed by atoms with Gasteiger partial charge in [0.15, 0.2) is 0 Å². The van der Waals surface area contributed by atoms with Gasteiger partial charge in [0.2, 0.25) is 11.8 Å². The first kappa shape index (κ1) is 24.2. The first-order valence-electron chi connectivity index (χ1n) is 11.0. The number of H-pyrrole nitrogens is 1. The van der Waals surface area contributed by atoms with Crippen molar-refractivity contribution in [2.45, 2.75) is 20.4 Å². The third-order valence-corrected chi connectivity index (χ3v) is 6.20. The summed E-state index contributed by atoms with van der Waals surface area (Å²) < 4.78 is 13.3. The van der Waals surface area contributed by atoms with E-state index in [-0.39, 0.29) is 29.7 Å². The van der Waals surface area contributed by atoms with Crippen molar-refractivity contribution in [3.05, 3.63) is 75.9 Å². The number of anilines is 2. The molecule has 0 atom stereocenters. The Balaban J connectivity index is 1.44. The fourth-order valence-electron chi connectivity index (χ4n) is 3.65. The number of aromatic nitrogens is 2. The molecule has 4 rings (SSSR count). The fraction of sp³-hybridized carbons (Fsp3) is 0.200. The van der Waals surface area contributed by atoms with Crippen LogP contribution in [0.4, 0.5) is 15.8 Å². The van der Waals surface area contributed by atoms with Crippen molar-refractivity contribution in [1.29, 1.82) is 0 Å². The van der Waals surface area contributed by atoms with E-state index >= 15 is 0 Å². The molecule has 180 valence electrons. The number of aromatic amines is 1. The number of carbonyl (C=O) groups excluding carboxylic acids is 2. The van der Waals surface area contributed by atoms with Gasteiger partial charge in [0, 0.05) is 29.2 Å². The maximum atomic E-state index is 13.3. The highest BCUT2D eigenvalue weighted by Gasteiger charge is 2.16. The molecule has 0 saturated heterocycles. The normalized spacial score (nSPS) is 11.1. The van der Waals surface area contributed by atoms with Gasteiger partial charge in [-0.25, -0.2) is 9.37 Å². The van der Waals surface area contributed by atoms with Gasteiger partial charge in [-0.3, -0.25) is 19.3 Å². The number of fused-ring (bicyclic) bond motifs is 1. The van der Waals surface area contributed by atoms with E-state index in [1.807, 2.05) is 17.2 Å². The number of thiophene rings is 1. The Morgan fingerprint density at radius 3 is 2.34 bits per heavy atom. The molecule has 0 saturated carbocycles. The number of amides is 2. The summed E-state index contributed by atoms with van der Waals surface area (Å²) in [6.45, 7) is 4.32. The van der Waals surface area contributed by atoms with Crippen molar-refractivity contribution in [1.82, 2.24) is 14.9 Å². The average molecular weight is 494 g/mol. The number of nitrogens with one attached hydrogen (secondary N) is 3. The quantitative estimate of drug-likeness (QED) is 0.341. The molecule has 35 heavy (non-hydrogen) atoms. The van der Waals surface area contributed by atoms with Crippen LogP contribution in [-0.4, -0.2) is 39.8 Å². The van der Waals surface area contributed by atoms with Crippen LogP contribution in [0.1, 0.15) is 19.7 Å². The molecule has 0 aliphatic rings. The van der Waals surface area contributed by atoms with Crippen molar-refractivity contribution < 1.29 is 14.0 Å². The number of likely N-dealkylation sites (N-methyl/N-ethyl adjacent to an activating group) is 1. The zero-order chi connectivity index (χ0) is 24.9. The Bertz CT molecular complexity index is 1410. The van der Waals surface area contributed by atoms with E-state index in [1.165, 1.54) is 30.4 Å². The molecule has 2 aromatic carbocycles. The molecule has 0 radical (unpaired) electrons. The third kappa shape index (κ3) is 5.97. The summed E-state index contributed by atoms with van der Waals surface area (Å²) in [4.78, 5) is 46.4. The number of nitrogens with zero attached hydrogens (tertiary/aromatic N) is 2. The van der Waals surface area contributed by atoms with Crippen molar-refractivity contribution in [3.8, 4) is 11.1 Å². The van der Waals surface area contributed by atoms with Crippen LogP contribution in [0.2, 0.25) is 0 Å². The highest BCUT2D eigenvalue weighted by atomic mass is 32.1. The molecular weight excluding hydrogens is 469 g/mol. The van der Waals surface area contributed by atoms with E-state index in [1.54, 1.807) is 36.4 Å². The minimum Gasteiger partial charge on any atom is -0.326 e. The molecule has 2 aromatic heterocycles. The van der Waals surface area contributed by atoms with E-state index in [9.17, 15) is 18.8 Å². The van der Waals surface area contributed by atoms with Gasteiger partial charge in [-0.2, -0.15) is 0 Å². The molecule has 0 fully saturated rings. The second-order valence-electron chi connectivity index (χ2n) is 7.96. The summed E-state index contributed by atoms with van der Waals surface area (Å²) in [6, 6.07) is 12.8. The summed E-state index contributed by atoms with van der Waals surface area (Å²) in [5.74, 6) is -0.255. The lowest BCUT2D eigenvalue weighted by molar-refractivity contribution is -0.117. The molecule has 4 aromatic rings. The van der Waals surface area contributed by atoms with Gasteiger partial charge >= 0.3 is 0 Å². The lowest BCUT2D eigenvalue weighted by Crippen LogP contribution is -2.33. The number of carbonyl (C=O) groups is 2. The predicted molar refractivity (Wildman–Crippen MR) is 136 cm³/mol. The second-order valence-corrected chi connectivity index (χ2v) is 8.82. The number of halogens is 1. The summed E-state index contributed by atoms with van der Waals surface area (Å²) in [6.07, 6.45) is 0. The molecule has 0 aliphatic carbocycles. The van der Waals surface area contributed by atoms with Crippen LogP contribution in [0.25, 0.3) is 21.3 Å². The molecule has 0 bridgehead atoms. The van der Waals surface area contributed by atoms with Gasteiger partial charge in [0.05, 0.1) is 18.5 Å². The Kier molecular flexibility index (Phi) is 7.33. The van der Waals surface area contributed by atoms with Gasteiger partial charge in [-0.05, 0) is 48.5 Å². The van der Waals surface area contributed by atoms with Crippen molar-refractivity contribution in [2.24, 2.45) is 0 Å². The maximum absolute atomic E-state index is 13.3. The highest BCUT2D eigenvalue weighted by molar-refractivity contribution is 7.17. The largest absolute Gasteiger partial charge is 0.326 e. The van der Waals surface area contributed by atoms with Gasteiger partial charge in [0.25, 0.3) is 5.56 Å². The summed E-state index contributed by atoms with van der Waals surface area (Å²) in [7, 11) is 0. The minimum atomic E-state index is -0.340. The van der Waals surface area contributed by atoms with Crippen molar-refractivity contribution >= 4 is 44.7 Å². The van der Waals surface area contributed by atoms with E-state index in [0.29, 0.717) is 46.1 Å². The fourth-order valence-corrected chi connectivity index (χ4v) is 4.61. The molecule has 10 heteroatoms. The molecule has 3 N–H and O–H groups in total. The Hall–Kier alpha value is -3.89. The van der Waals surface area contributed by atoms with Crippen LogP contribution in [0, 0.1) is 5.82 Å². The number of benzene rings is 2. The maximum Gasteiger partial charge on any atom is 0.260 e. The lowest BCUT2D eigenvalue weighted by atomic mass is 10.1. The average Bonchev–Trinajstić information content (AvgIpc) is 3.24. The zero-order valence-corrected chi connectivity index (χ0v) is 20.0. The lowest BCUT2D eigenvalue weighted by Gasteiger charge is -2.19. The summed E-state index contributed by atoms with van der Waals surface area (Å²) in [5.41, 5.74) is 2.44. The van der Waals surface area contributed by atoms with Gasteiger partial charge in [-0.1, -0.05) is 19.1 Å². The van der Waals surface area contributed by atoms with Crippen LogP contribution < -0.4 is 16.2 Å². The molecule has 0 aliphatic heterocycles. The molecule has 0 spiro atoms. The SMILES string of the molecule is CCN(CC(=O)Nc1ccc(NC(C)=O)cc1)Cc1nc2scc(-c3ccc(F)cc3)c2c(=O)[nH]1. The zero-order valence-electron chi connectivity index (χ0n) is 19.2. The van der Waals surface area contributed by atoms with Crippen LogP contribution in [0.15, 0.2) is 58.7 Å².